The number of likely N-dealkylation sites (N-methyl/N-ethyl adjacent to an activating group) is 1. The molecule has 0 radical (unpaired) electrons. The maximum Gasteiger partial charge on any atom is 0.211 e. The molecule has 4 nitrogen and oxygen atoms in total. The predicted octanol–water partition coefficient (Wildman–Crippen LogP) is 1.50. The van der Waals surface area contributed by atoms with Gasteiger partial charge in [-0.2, -0.15) is 0 Å². The van der Waals surface area contributed by atoms with Crippen LogP contribution in [0.2, 0.25) is 0 Å². The number of rotatable bonds is 2. The fourth-order valence-electron chi connectivity index (χ4n) is 4.46. The molecule has 0 amide bonds. The molecule has 0 aromatic heterocycles. The van der Waals surface area contributed by atoms with Crippen LogP contribution in [0.4, 0.5) is 0 Å². The van der Waals surface area contributed by atoms with E-state index >= 15 is 0 Å². The van der Waals surface area contributed by atoms with Crippen LogP contribution in [0.3, 0.4) is 0 Å². The maximum atomic E-state index is 9.48. The Bertz CT molecular complexity index is 1030. The van der Waals surface area contributed by atoms with E-state index in [-0.39, 0.29) is 30.9 Å². The van der Waals surface area contributed by atoms with Crippen molar-refractivity contribution in [2.45, 2.75) is 36.5 Å². The van der Waals surface area contributed by atoms with Crippen LogP contribution in [0.25, 0.3) is 0 Å². The molecule has 4 aliphatic rings. The van der Waals surface area contributed by atoms with Crippen molar-refractivity contribution in [3.8, 4) is 11.5 Å². The molecule has 5 rings (SSSR count). The number of likely N-dealkylation sites (tertiary alicyclic amines) is 1. The Balaban J connectivity index is 1.83. The summed E-state index contributed by atoms with van der Waals surface area (Å²) in [7, 11) is -2.81. The average molecular weight is 309 g/mol. The van der Waals surface area contributed by atoms with Gasteiger partial charge in [0.15, 0.2) is 11.5 Å². The summed E-state index contributed by atoms with van der Waals surface area (Å²) in [5.74, 6) is -1.93. The third kappa shape index (κ3) is 1.28. The van der Waals surface area contributed by atoms with Crippen molar-refractivity contribution in [3.05, 3.63) is 35.4 Å². The van der Waals surface area contributed by atoms with Gasteiger partial charge in [0.05, 0.1) is 13.9 Å². The fourth-order valence-corrected chi connectivity index (χ4v) is 4.46. The number of piperidine rings is 1. The van der Waals surface area contributed by atoms with Crippen molar-refractivity contribution < 1.29 is 26.9 Å². The highest BCUT2D eigenvalue weighted by Gasteiger charge is 2.64. The molecule has 1 saturated heterocycles. The topological polar surface area (TPSA) is 41.9 Å². The molecule has 2 unspecified atom stereocenters. The maximum absolute atomic E-state index is 9.48. The van der Waals surface area contributed by atoms with E-state index in [4.69, 9.17) is 20.5 Å². The highest BCUT2D eigenvalue weighted by Crippen LogP contribution is 2.62. The molecule has 2 aliphatic heterocycles. The van der Waals surface area contributed by atoms with E-state index in [2.05, 4.69) is 5.11 Å². The van der Waals surface area contributed by atoms with Crippen molar-refractivity contribution in [3.63, 3.8) is 0 Å². The van der Waals surface area contributed by atoms with Crippen molar-refractivity contribution in [1.29, 1.82) is 1.43 Å². The normalized spacial score (nSPS) is 58.8. The van der Waals surface area contributed by atoms with Gasteiger partial charge in [-0.15, -0.1) is 0 Å². The predicted molar refractivity (Wildman–Crippen MR) is 82.5 cm³/mol. The first-order chi connectivity index (χ1) is 14.6. The molecule has 2 bridgehead atoms. The second kappa shape index (κ2) is 4.06. The molecular formula is C18H21NO3. The van der Waals surface area contributed by atoms with Gasteiger partial charge in [-0.1, -0.05) is 18.2 Å². The van der Waals surface area contributed by atoms with Gasteiger partial charge in [-0.25, -0.2) is 0 Å². The number of ether oxygens (including phenoxy) is 2. The second-order valence-electron chi connectivity index (χ2n) is 6.18. The van der Waals surface area contributed by atoms with E-state index in [1.165, 1.54) is 17.0 Å². The van der Waals surface area contributed by atoms with Crippen molar-refractivity contribution in [2.75, 3.05) is 20.6 Å². The van der Waals surface area contributed by atoms with E-state index in [9.17, 15) is 2.74 Å². The Kier molecular flexibility index (Phi) is 1.21. The average Bonchev–Trinajstić information content (AvgIpc) is 2.94. The van der Waals surface area contributed by atoms with E-state index < -0.39 is 43.5 Å². The molecule has 0 saturated carbocycles. The summed E-state index contributed by atoms with van der Waals surface area (Å²) in [6.07, 6.45) is -2.16. The van der Waals surface area contributed by atoms with Crippen LogP contribution < -0.4 is 9.47 Å². The Morgan fingerprint density at radius 2 is 2.55 bits per heavy atom. The summed E-state index contributed by atoms with van der Waals surface area (Å²) < 4.78 is 92.5. The Morgan fingerprint density at radius 1 is 1.55 bits per heavy atom. The lowest BCUT2D eigenvalue weighted by atomic mass is 9.53. The first-order valence-corrected chi connectivity index (χ1v) is 7.29. The van der Waals surface area contributed by atoms with E-state index in [1.54, 1.807) is 6.07 Å². The second-order valence-corrected chi connectivity index (χ2v) is 6.18. The molecule has 1 N–H and O–H groups in total. The molecule has 1 aromatic rings. The van der Waals surface area contributed by atoms with Gasteiger partial charge in [0, 0.05) is 28.4 Å². The quantitative estimate of drug-likeness (QED) is 0.841. The lowest BCUT2D eigenvalue weighted by Gasteiger charge is -2.56. The molecule has 2 heterocycles. The van der Waals surface area contributed by atoms with Gasteiger partial charge < -0.3 is 19.5 Å². The molecule has 1 fully saturated rings. The standard InChI is InChI=1S/C18H21NO3/c1-19-8-7-18-11-4-5-13(20)17(18)22-16-14(21-2)6-3-10(15(16)18)9-12(11)19/h3-6,11-13,17,20H,7-9H2,1-2H3/t11-,12+,13?,17?,18-/m0/s1/i1D3,2D3,11D,13D,17D,20D. The highest BCUT2D eigenvalue weighted by molar-refractivity contribution is 5.62. The summed E-state index contributed by atoms with van der Waals surface area (Å²) in [6.45, 7) is -2.48. The zero-order valence-corrected chi connectivity index (χ0v) is 11.7. The van der Waals surface area contributed by atoms with Gasteiger partial charge in [0.2, 0.25) is 1.43 Å². The zero-order valence-electron chi connectivity index (χ0n) is 21.7. The summed E-state index contributed by atoms with van der Waals surface area (Å²) in [5.41, 5.74) is -0.624. The SMILES string of the molecule is [2H]OC1([2H])C=C[C@@]2([2H])[C@H]3Cc4ccc(OC([2H])([2H])[2H])c5c4[C@@]2(CCN3C([2H])([2H])[2H])C1([2H])O5. The van der Waals surface area contributed by atoms with Gasteiger partial charge in [-0.3, -0.25) is 0 Å². The number of hydrogen-bond acceptors (Lipinski definition) is 4. The summed E-state index contributed by atoms with van der Waals surface area (Å²) in [4.78, 5) is 1.27. The van der Waals surface area contributed by atoms with Crippen LogP contribution in [0, 0.1) is 5.89 Å². The third-order valence-corrected chi connectivity index (χ3v) is 5.34. The van der Waals surface area contributed by atoms with Crippen LogP contribution in [0.15, 0.2) is 24.3 Å². The smallest absolute Gasteiger partial charge is 0.211 e. The Hall–Kier alpha value is -1.52. The van der Waals surface area contributed by atoms with Crippen LogP contribution in [-0.2, 0) is 11.8 Å². The van der Waals surface area contributed by atoms with Crippen molar-refractivity contribution in [1.82, 2.24) is 4.90 Å². The number of hydrogen-bond donors (Lipinski definition) is 1. The summed E-state index contributed by atoms with van der Waals surface area (Å²) in [6, 6.07) is 2.11. The molecule has 4 heteroatoms. The first kappa shape index (κ1) is 6.54. The molecule has 116 valence electrons. The lowest BCUT2D eigenvalue weighted by molar-refractivity contribution is -0.0453. The third-order valence-electron chi connectivity index (χ3n) is 5.34. The van der Waals surface area contributed by atoms with Crippen molar-refractivity contribution >= 4 is 0 Å². The van der Waals surface area contributed by atoms with Gasteiger partial charge in [0.1, 0.15) is 12.2 Å². The van der Waals surface area contributed by atoms with Crippen LogP contribution in [0.1, 0.15) is 29.9 Å². The monoisotopic (exact) mass is 309 g/mol. The number of nitrogens with zero attached hydrogens (tertiary/aromatic N) is 1. The number of benzene rings is 1. The zero-order chi connectivity index (χ0) is 23.5. The van der Waals surface area contributed by atoms with Gasteiger partial charge >= 0.3 is 0 Å². The molecule has 1 spiro atoms. The number of aliphatic hydroxyl groups is 1. The molecule has 5 atom stereocenters. The minimum atomic E-state index is -2.81. The largest absolute Gasteiger partial charge is 0.493 e. The van der Waals surface area contributed by atoms with Crippen LogP contribution in [-0.4, -0.2) is 50.2 Å². The van der Waals surface area contributed by atoms with Crippen LogP contribution in [0.5, 0.6) is 11.5 Å². The fraction of sp³-hybridized carbons (Fsp3) is 0.556. The summed E-state index contributed by atoms with van der Waals surface area (Å²) >= 11 is 0. The number of methoxy groups -OCH3 is 1. The Labute approximate surface area is 144 Å². The molecular weight excluding hydrogens is 278 g/mol. The first-order valence-electron chi connectivity index (χ1n) is 12.2. The lowest BCUT2D eigenvalue weighted by Crippen LogP contribution is -2.64. The van der Waals surface area contributed by atoms with E-state index in [0.29, 0.717) is 11.1 Å². The van der Waals surface area contributed by atoms with Crippen molar-refractivity contribution in [2.24, 2.45) is 5.89 Å². The summed E-state index contributed by atoms with van der Waals surface area (Å²) in [5, 5.41) is 4.66. The Morgan fingerprint density at radius 3 is 3.41 bits per heavy atom. The molecule has 22 heavy (non-hydrogen) atoms. The molecule has 1 aromatic carbocycles. The minimum absolute atomic E-state index is 0.00303. The molecule has 2 aliphatic carbocycles. The van der Waals surface area contributed by atoms with E-state index in [1.807, 2.05) is 0 Å². The van der Waals surface area contributed by atoms with Crippen LogP contribution >= 0.6 is 0 Å². The van der Waals surface area contributed by atoms with Gasteiger partial charge in [0.25, 0.3) is 0 Å². The highest BCUT2D eigenvalue weighted by atomic mass is 16.5. The minimum Gasteiger partial charge on any atom is -0.493 e. The van der Waals surface area contributed by atoms with E-state index in [0.717, 1.165) is 6.08 Å². The van der Waals surface area contributed by atoms with Gasteiger partial charge in [-0.05, 0) is 38.0 Å².